The minimum atomic E-state index is -0.610. The van der Waals surface area contributed by atoms with Gasteiger partial charge >= 0.3 is 11.9 Å². The van der Waals surface area contributed by atoms with Crippen molar-refractivity contribution in [2.24, 2.45) is 11.8 Å². The van der Waals surface area contributed by atoms with Gasteiger partial charge in [0.25, 0.3) is 0 Å². The molecule has 0 bridgehead atoms. The molecule has 33 heavy (non-hydrogen) atoms. The van der Waals surface area contributed by atoms with Crippen LogP contribution in [0.15, 0.2) is 60.7 Å². The predicted molar refractivity (Wildman–Crippen MR) is 126 cm³/mol. The van der Waals surface area contributed by atoms with E-state index in [9.17, 15) is 9.59 Å². The largest absolute Gasteiger partial charge is 0.469 e. The molecule has 0 saturated carbocycles. The first-order chi connectivity index (χ1) is 15.7. The molecule has 0 amide bonds. The van der Waals surface area contributed by atoms with Gasteiger partial charge in [-0.3, -0.25) is 19.4 Å². The smallest absolute Gasteiger partial charge is 0.324 e. The maximum absolute atomic E-state index is 13.5. The van der Waals surface area contributed by atoms with Crippen LogP contribution in [0.4, 0.5) is 0 Å². The van der Waals surface area contributed by atoms with Gasteiger partial charge in [0.15, 0.2) is 0 Å². The molecular weight excluding hydrogens is 416 g/mol. The molecule has 5 atom stereocenters. The first-order valence-corrected chi connectivity index (χ1v) is 11.6. The third kappa shape index (κ3) is 4.68. The van der Waals surface area contributed by atoms with Gasteiger partial charge in [-0.1, -0.05) is 67.6 Å². The number of hydrogen-bond donors (Lipinski definition) is 0. The Labute approximate surface area is 196 Å². The summed E-state index contributed by atoms with van der Waals surface area (Å²) in [5, 5.41) is 0. The molecule has 0 N–H and O–H groups in total. The lowest BCUT2D eigenvalue weighted by atomic mass is 9.89. The summed E-state index contributed by atoms with van der Waals surface area (Å²) >= 11 is 0. The summed E-state index contributed by atoms with van der Waals surface area (Å²) in [6, 6.07) is 19.9. The lowest BCUT2D eigenvalue weighted by molar-refractivity contribution is -0.162. The zero-order valence-corrected chi connectivity index (χ0v) is 20.1. The molecule has 0 aliphatic carbocycles. The van der Waals surface area contributed by atoms with Gasteiger partial charge in [-0.2, -0.15) is 0 Å². The molecule has 6 heteroatoms. The summed E-state index contributed by atoms with van der Waals surface area (Å²) in [5.41, 5.74) is 1.69. The highest BCUT2D eigenvalue weighted by atomic mass is 16.6. The van der Waals surface area contributed by atoms with Crippen molar-refractivity contribution < 1.29 is 19.1 Å². The number of carbonyl (C=O) groups excluding carboxylic acids is 2. The van der Waals surface area contributed by atoms with E-state index in [2.05, 4.69) is 34.1 Å². The van der Waals surface area contributed by atoms with E-state index in [1.807, 2.05) is 64.1 Å². The summed E-state index contributed by atoms with van der Waals surface area (Å²) < 4.78 is 11.1. The molecule has 0 aromatic heterocycles. The lowest BCUT2D eigenvalue weighted by Gasteiger charge is -2.32. The van der Waals surface area contributed by atoms with E-state index in [0.717, 1.165) is 5.56 Å². The number of rotatable bonds is 5. The van der Waals surface area contributed by atoms with Gasteiger partial charge in [-0.05, 0) is 37.8 Å². The third-order valence-corrected chi connectivity index (χ3v) is 6.69. The molecule has 6 nitrogen and oxygen atoms in total. The van der Waals surface area contributed by atoms with Crippen molar-refractivity contribution in [1.29, 1.82) is 0 Å². The van der Waals surface area contributed by atoms with E-state index >= 15 is 0 Å². The zero-order valence-electron chi connectivity index (χ0n) is 20.1. The van der Waals surface area contributed by atoms with Crippen molar-refractivity contribution in [3.8, 4) is 0 Å². The third-order valence-electron chi connectivity index (χ3n) is 6.69. The Balaban J connectivity index is 1.77. The molecule has 2 fully saturated rings. The van der Waals surface area contributed by atoms with E-state index in [0.29, 0.717) is 13.1 Å². The van der Waals surface area contributed by atoms with Crippen LogP contribution in [-0.2, 0) is 25.6 Å². The van der Waals surface area contributed by atoms with Crippen LogP contribution in [-0.4, -0.2) is 53.2 Å². The molecular formula is C27H34N2O4. The number of esters is 2. The van der Waals surface area contributed by atoms with E-state index in [1.54, 1.807) is 0 Å². The lowest BCUT2D eigenvalue weighted by Crippen LogP contribution is -2.46. The first-order valence-electron chi connectivity index (χ1n) is 11.6. The van der Waals surface area contributed by atoms with Crippen LogP contribution in [0.25, 0.3) is 0 Å². The fraction of sp³-hybridized carbons (Fsp3) is 0.481. The summed E-state index contributed by atoms with van der Waals surface area (Å²) in [5.74, 6) is -1.27. The Morgan fingerprint density at radius 3 is 2.15 bits per heavy atom. The highest BCUT2D eigenvalue weighted by Crippen LogP contribution is 2.48. The Morgan fingerprint density at radius 2 is 1.58 bits per heavy atom. The summed E-state index contributed by atoms with van der Waals surface area (Å²) in [7, 11) is 1.42. The monoisotopic (exact) mass is 450 g/mol. The highest BCUT2D eigenvalue weighted by molar-refractivity contribution is 5.81. The molecule has 176 valence electrons. The van der Waals surface area contributed by atoms with Gasteiger partial charge in [0.1, 0.15) is 11.6 Å². The van der Waals surface area contributed by atoms with E-state index in [4.69, 9.17) is 9.47 Å². The average molecular weight is 451 g/mol. The molecule has 0 unspecified atom stereocenters. The fourth-order valence-electron chi connectivity index (χ4n) is 5.41. The van der Waals surface area contributed by atoms with Gasteiger partial charge in [0, 0.05) is 19.1 Å². The van der Waals surface area contributed by atoms with Gasteiger partial charge in [0.2, 0.25) is 0 Å². The van der Waals surface area contributed by atoms with Crippen LogP contribution in [0.2, 0.25) is 0 Å². The topological polar surface area (TPSA) is 59.1 Å². The van der Waals surface area contributed by atoms with Crippen LogP contribution in [0.3, 0.4) is 0 Å². The number of ether oxygens (including phenoxy) is 2. The summed E-state index contributed by atoms with van der Waals surface area (Å²) in [6.45, 7) is 8.99. The highest BCUT2D eigenvalue weighted by Gasteiger charge is 2.61. The molecule has 2 aliphatic heterocycles. The van der Waals surface area contributed by atoms with Crippen LogP contribution in [0.5, 0.6) is 0 Å². The second-order valence-electron chi connectivity index (χ2n) is 10.1. The van der Waals surface area contributed by atoms with Gasteiger partial charge < -0.3 is 9.47 Å². The molecule has 4 rings (SSSR count). The molecule has 0 spiro atoms. The van der Waals surface area contributed by atoms with Crippen LogP contribution in [0.1, 0.15) is 44.9 Å². The minimum Gasteiger partial charge on any atom is -0.469 e. The number of fused-ring (bicyclic) bond motifs is 1. The SMILES string of the molecule is COC(=O)[C@H]1[C@H](C)[C@H](C(=O)OC(C)(C)C)N2[C@H]1N(Cc1ccccc1)C[C@H]2c1ccccc1. The molecule has 2 heterocycles. The summed E-state index contributed by atoms with van der Waals surface area (Å²) in [6.07, 6.45) is -0.254. The number of hydrogen-bond acceptors (Lipinski definition) is 6. The second-order valence-corrected chi connectivity index (χ2v) is 10.1. The maximum Gasteiger partial charge on any atom is 0.324 e. The Hall–Kier alpha value is -2.70. The fourth-order valence-corrected chi connectivity index (χ4v) is 5.41. The quantitative estimate of drug-likeness (QED) is 0.642. The predicted octanol–water partition coefficient (Wildman–Crippen LogP) is 4.02. The van der Waals surface area contributed by atoms with Crippen molar-refractivity contribution in [3.63, 3.8) is 0 Å². The van der Waals surface area contributed by atoms with Crippen LogP contribution >= 0.6 is 0 Å². The molecule has 2 aliphatic rings. The Kier molecular flexibility index (Phi) is 6.59. The van der Waals surface area contributed by atoms with Gasteiger partial charge in [0.05, 0.1) is 19.2 Å². The van der Waals surface area contributed by atoms with E-state index < -0.39 is 17.6 Å². The molecule has 2 aromatic rings. The zero-order chi connectivity index (χ0) is 23.8. The molecule has 2 aromatic carbocycles. The Morgan fingerprint density at radius 1 is 0.970 bits per heavy atom. The van der Waals surface area contributed by atoms with E-state index in [-0.39, 0.29) is 30.1 Å². The average Bonchev–Trinajstić information content (AvgIpc) is 3.27. The van der Waals surface area contributed by atoms with E-state index in [1.165, 1.54) is 12.7 Å². The number of benzene rings is 2. The van der Waals surface area contributed by atoms with Crippen molar-refractivity contribution in [1.82, 2.24) is 9.80 Å². The number of methoxy groups -OCH3 is 1. The van der Waals surface area contributed by atoms with Crippen molar-refractivity contribution >= 4 is 11.9 Å². The van der Waals surface area contributed by atoms with Crippen molar-refractivity contribution in [2.75, 3.05) is 13.7 Å². The molecule has 2 saturated heterocycles. The van der Waals surface area contributed by atoms with Crippen LogP contribution in [0, 0.1) is 11.8 Å². The minimum absolute atomic E-state index is 0.0328. The number of nitrogens with zero attached hydrogens (tertiary/aromatic N) is 2. The second kappa shape index (κ2) is 9.27. The first kappa shape index (κ1) is 23.5. The van der Waals surface area contributed by atoms with Gasteiger partial charge in [-0.25, -0.2) is 0 Å². The van der Waals surface area contributed by atoms with Crippen molar-refractivity contribution in [3.05, 3.63) is 71.8 Å². The molecule has 0 radical (unpaired) electrons. The summed E-state index contributed by atoms with van der Waals surface area (Å²) in [4.78, 5) is 31.0. The normalized spacial score (nSPS) is 27.8. The van der Waals surface area contributed by atoms with Crippen LogP contribution < -0.4 is 0 Å². The number of carbonyl (C=O) groups is 2. The Bertz CT molecular complexity index is 973. The maximum atomic E-state index is 13.5. The van der Waals surface area contributed by atoms with Crippen molar-refractivity contribution in [2.45, 2.75) is 58.1 Å². The standard InChI is InChI=1S/C27H34N2O4/c1-18-22(25(30)32-5)24-28(16-19-12-8-6-9-13-19)17-21(20-14-10-7-11-15-20)29(24)23(18)26(31)33-27(2,3)4/h6-15,18,21-24H,16-17H2,1-5H3/t18-,21-,22-,23+,24+/m0/s1. The van der Waals surface area contributed by atoms with Gasteiger partial charge in [-0.15, -0.1) is 0 Å².